The van der Waals surface area contributed by atoms with Gasteiger partial charge in [-0.2, -0.15) is 0 Å². The van der Waals surface area contributed by atoms with Crippen molar-refractivity contribution < 1.29 is 14.3 Å². The standard InChI is InChI=1S/C24H25ClN4O3S/c25-17-2-1-3-19-21(17)28-24(33-19)32-15-7-5-14(6-8-15)31-11-10-27-18-12-13-4-9-16-20(18)22(16)29(13)23(26)30/h1-3,5-8,13,16,18,20,22,27H,4,9-12H2,(H2,26,30)/t13-,16-,18+,20?,22?/m0/s1. The van der Waals surface area contributed by atoms with E-state index in [9.17, 15) is 4.79 Å². The quantitative estimate of drug-likeness (QED) is 0.477. The van der Waals surface area contributed by atoms with E-state index >= 15 is 0 Å². The zero-order valence-electron chi connectivity index (χ0n) is 17.9. The Kier molecular flexibility index (Phi) is 5.31. The fourth-order valence-electron chi connectivity index (χ4n) is 5.72. The van der Waals surface area contributed by atoms with Gasteiger partial charge in [-0.3, -0.25) is 0 Å². The predicted octanol–water partition coefficient (Wildman–Crippen LogP) is 4.64. The molecule has 3 heterocycles. The highest BCUT2D eigenvalue weighted by Crippen LogP contribution is 2.57. The van der Waals surface area contributed by atoms with Gasteiger partial charge in [0.25, 0.3) is 5.19 Å². The molecule has 3 aromatic rings. The molecule has 3 aliphatic rings. The number of hydrogen-bond acceptors (Lipinski definition) is 6. The van der Waals surface area contributed by atoms with Crippen molar-refractivity contribution in [3.63, 3.8) is 0 Å². The number of piperidine rings is 2. The van der Waals surface area contributed by atoms with Gasteiger partial charge in [-0.05, 0) is 67.5 Å². The van der Waals surface area contributed by atoms with E-state index in [0.29, 0.717) is 52.5 Å². The van der Waals surface area contributed by atoms with Gasteiger partial charge in [0, 0.05) is 24.7 Å². The topological polar surface area (TPSA) is 89.7 Å². The van der Waals surface area contributed by atoms with Crippen LogP contribution in [0.15, 0.2) is 42.5 Å². The average Bonchev–Trinajstić information content (AvgIpc) is 3.45. The molecule has 2 aliphatic heterocycles. The molecular formula is C24H25ClN4O3S. The number of fused-ring (bicyclic) bond motifs is 3. The molecule has 2 bridgehead atoms. The van der Waals surface area contributed by atoms with Crippen LogP contribution in [0.3, 0.4) is 0 Å². The number of benzene rings is 2. The lowest BCUT2D eigenvalue weighted by Crippen LogP contribution is -2.54. The fourth-order valence-corrected chi connectivity index (χ4v) is 6.86. The molecule has 3 fully saturated rings. The van der Waals surface area contributed by atoms with E-state index in [4.69, 9.17) is 26.8 Å². The van der Waals surface area contributed by atoms with Crippen LogP contribution >= 0.6 is 22.9 Å². The number of nitrogens with two attached hydrogens (primary N) is 1. The maximum absolute atomic E-state index is 11.8. The molecule has 1 saturated carbocycles. The molecule has 172 valence electrons. The predicted molar refractivity (Wildman–Crippen MR) is 128 cm³/mol. The van der Waals surface area contributed by atoms with Crippen LogP contribution in [-0.2, 0) is 0 Å². The molecule has 1 aromatic heterocycles. The second kappa shape index (κ2) is 8.34. The van der Waals surface area contributed by atoms with Gasteiger partial charge >= 0.3 is 6.03 Å². The molecule has 5 atom stereocenters. The monoisotopic (exact) mass is 484 g/mol. The number of aromatic nitrogens is 1. The number of amides is 2. The summed E-state index contributed by atoms with van der Waals surface area (Å²) in [6, 6.07) is 14.1. The van der Waals surface area contributed by atoms with E-state index in [2.05, 4.69) is 10.3 Å². The number of halogens is 1. The summed E-state index contributed by atoms with van der Waals surface area (Å²) in [5.74, 6) is 2.66. The minimum Gasteiger partial charge on any atom is -0.492 e. The number of primary amides is 1. The molecule has 9 heteroatoms. The van der Waals surface area contributed by atoms with Crippen molar-refractivity contribution in [2.45, 2.75) is 37.4 Å². The molecule has 0 radical (unpaired) electrons. The first-order chi connectivity index (χ1) is 16.1. The number of urea groups is 1. The summed E-state index contributed by atoms with van der Waals surface area (Å²) in [5.41, 5.74) is 6.37. The molecule has 33 heavy (non-hydrogen) atoms. The largest absolute Gasteiger partial charge is 0.492 e. The van der Waals surface area contributed by atoms with E-state index in [1.807, 2.05) is 47.4 Å². The van der Waals surface area contributed by atoms with Crippen LogP contribution in [0, 0.1) is 11.8 Å². The molecule has 2 unspecified atom stereocenters. The lowest BCUT2D eigenvalue weighted by molar-refractivity contribution is 0.120. The molecule has 7 nitrogen and oxygen atoms in total. The number of carbonyl (C=O) groups excluding carboxylic acids is 1. The van der Waals surface area contributed by atoms with Gasteiger partial charge in [-0.1, -0.05) is 29.0 Å². The van der Waals surface area contributed by atoms with Crippen LogP contribution in [0.1, 0.15) is 19.3 Å². The van der Waals surface area contributed by atoms with Gasteiger partial charge in [-0.15, -0.1) is 0 Å². The van der Waals surface area contributed by atoms with Crippen molar-refractivity contribution in [1.29, 1.82) is 0 Å². The molecule has 0 spiro atoms. The van der Waals surface area contributed by atoms with Gasteiger partial charge in [0.15, 0.2) is 0 Å². The number of thiazole rings is 1. The highest BCUT2D eigenvalue weighted by Gasteiger charge is 2.64. The average molecular weight is 485 g/mol. The van der Waals surface area contributed by atoms with Crippen molar-refractivity contribution in [3.8, 4) is 16.7 Å². The van der Waals surface area contributed by atoms with E-state index in [0.717, 1.165) is 35.4 Å². The number of para-hydroxylation sites is 1. The normalized spacial score (nSPS) is 27.4. The van der Waals surface area contributed by atoms with Crippen LogP contribution < -0.4 is 20.5 Å². The first-order valence-corrected chi connectivity index (χ1v) is 12.5. The summed E-state index contributed by atoms with van der Waals surface area (Å²) >= 11 is 7.66. The third-order valence-corrected chi connectivity index (χ3v) is 8.34. The van der Waals surface area contributed by atoms with E-state index in [1.165, 1.54) is 17.8 Å². The van der Waals surface area contributed by atoms with Gasteiger partial charge in [0.1, 0.15) is 23.6 Å². The molecule has 6 rings (SSSR count). The minimum absolute atomic E-state index is 0.252. The molecule has 1 aliphatic carbocycles. The summed E-state index contributed by atoms with van der Waals surface area (Å²) in [5, 5.41) is 4.84. The Labute approximate surface area is 200 Å². The Bertz CT molecular complexity index is 1180. The van der Waals surface area contributed by atoms with Crippen LogP contribution in [0.4, 0.5) is 4.79 Å². The Morgan fingerprint density at radius 1 is 1.21 bits per heavy atom. The SMILES string of the molecule is NC(=O)N1C2C3[C@@H]2CC[C@H]1C[C@H]3NCCOc1ccc(Oc2nc3c(Cl)cccc3s2)cc1. The summed E-state index contributed by atoms with van der Waals surface area (Å²) in [4.78, 5) is 18.2. The maximum Gasteiger partial charge on any atom is 0.315 e. The smallest absolute Gasteiger partial charge is 0.315 e. The fraction of sp³-hybridized carbons (Fsp3) is 0.417. The first-order valence-electron chi connectivity index (χ1n) is 11.4. The van der Waals surface area contributed by atoms with Crippen molar-refractivity contribution in [3.05, 3.63) is 47.5 Å². The lowest BCUT2D eigenvalue weighted by atomic mass is 9.95. The lowest BCUT2D eigenvalue weighted by Gasteiger charge is -2.39. The van der Waals surface area contributed by atoms with Crippen molar-refractivity contribution >= 4 is 39.2 Å². The highest BCUT2D eigenvalue weighted by atomic mass is 35.5. The zero-order chi connectivity index (χ0) is 22.5. The molecule has 2 aromatic carbocycles. The van der Waals surface area contributed by atoms with E-state index in [1.54, 1.807) is 0 Å². The number of carbonyl (C=O) groups is 1. The van der Waals surface area contributed by atoms with Gasteiger partial charge < -0.3 is 25.4 Å². The number of rotatable bonds is 7. The minimum atomic E-state index is -0.252. The summed E-state index contributed by atoms with van der Waals surface area (Å²) in [6.07, 6.45) is 3.29. The van der Waals surface area contributed by atoms with Gasteiger partial charge in [0.05, 0.1) is 9.72 Å². The van der Waals surface area contributed by atoms with Crippen LogP contribution in [0.2, 0.25) is 5.02 Å². The van der Waals surface area contributed by atoms with Crippen molar-refractivity contribution in [1.82, 2.24) is 15.2 Å². The molecule has 2 amide bonds. The van der Waals surface area contributed by atoms with E-state index in [-0.39, 0.29) is 6.03 Å². The molecule has 2 saturated heterocycles. The second-order valence-corrected chi connectivity index (χ2v) is 10.4. The third kappa shape index (κ3) is 3.90. The number of ether oxygens (including phenoxy) is 2. The zero-order valence-corrected chi connectivity index (χ0v) is 19.5. The Morgan fingerprint density at radius 3 is 2.82 bits per heavy atom. The summed E-state index contributed by atoms with van der Waals surface area (Å²) in [6.45, 7) is 1.36. The molecular weight excluding hydrogens is 460 g/mol. The van der Waals surface area contributed by atoms with Crippen molar-refractivity contribution in [2.24, 2.45) is 17.6 Å². The number of hydrogen-bond donors (Lipinski definition) is 2. The maximum atomic E-state index is 11.8. The van der Waals surface area contributed by atoms with Gasteiger partial charge in [-0.25, -0.2) is 9.78 Å². The summed E-state index contributed by atoms with van der Waals surface area (Å²) in [7, 11) is 0. The summed E-state index contributed by atoms with van der Waals surface area (Å²) < 4.78 is 12.8. The van der Waals surface area contributed by atoms with Crippen LogP contribution in [0.5, 0.6) is 16.7 Å². The number of nitrogens with one attached hydrogen (secondary N) is 1. The Morgan fingerprint density at radius 2 is 2.03 bits per heavy atom. The first kappa shape index (κ1) is 21.0. The number of nitrogens with zero attached hydrogens (tertiary/aromatic N) is 2. The Hall–Kier alpha value is -2.55. The van der Waals surface area contributed by atoms with Crippen LogP contribution in [0.25, 0.3) is 10.2 Å². The van der Waals surface area contributed by atoms with E-state index < -0.39 is 0 Å². The third-order valence-electron chi connectivity index (χ3n) is 7.14. The van der Waals surface area contributed by atoms with Gasteiger partial charge in [0.2, 0.25) is 0 Å². The Balaban J connectivity index is 0.989. The highest BCUT2D eigenvalue weighted by molar-refractivity contribution is 7.20. The molecule has 3 N–H and O–H groups in total. The van der Waals surface area contributed by atoms with Crippen LogP contribution in [-0.4, -0.2) is 47.2 Å². The van der Waals surface area contributed by atoms with Crippen molar-refractivity contribution in [2.75, 3.05) is 13.2 Å². The second-order valence-electron chi connectivity index (χ2n) is 8.99.